The van der Waals surface area contributed by atoms with Crippen molar-refractivity contribution < 1.29 is 9.59 Å². The van der Waals surface area contributed by atoms with Crippen LogP contribution in [0, 0.1) is 6.92 Å². The van der Waals surface area contributed by atoms with Crippen molar-refractivity contribution in [1.29, 1.82) is 0 Å². The van der Waals surface area contributed by atoms with Gasteiger partial charge in [-0.05, 0) is 19.8 Å². The maximum atomic E-state index is 12.3. The molecule has 1 N–H and O–H groups in total. The fraction of sp³-hybridized carbons (Fsp3) is 0.688. The lowest BCUT2D eigenvalue weighted by atomic mass is 10.1. The average molecular weight is 321 g/mol. The van der Waals surface area contributed by atoms with E-state index in [1.807, 2.05) is 11.8 Å². The number of aromatic nitrogens is 1. The van der Waals surface area contributed by atoms with E-state index in [4.69, 9.17) is 0 Å². The Morgan fingerprint density at radius 1 is 1.32 bits per heavy atom. The van der Waals surface area contributed by atoms with E-state index in [9.17, 15) is 9.59 Å². The van der Waals surface area contributed by atoms with Crippen molar-refractivity contribution >= 4 is 23.2 Å². The Labute approximate surface area is 135 Å². The summed E-state index contributed by atoms with van der Waals surface area (Å²) >= 11 is 1.47. The monoisotopic (exact) mass is 321 g/mol. The normalized spacial score (nSPS) is 23.6. The van der Waals surface area contributed by atoms with Crippen molar-refractivity contribution in [2.45, 2.75) is 64.0 Å². The number of carbonyl (C=O) groups excluding carboxylic acids is 2. The molecule has 22 heavy (non-hydrogen) atoms. The molecule has 1 aliphatic carbocycles. The van der Waals surface area contributed by atoms with Crippen molar-refractivity contribution in [3.8, 4) is 0 Å². The molecule has 1 atom stereocenters. The topological polar surface area (TPSA) is 62.3 Å². The molecule has 1 aromatic rings. The van der Waals surface area contributed by atoms with Crippen LogP contribution in [0.3, 0.4) is 0 Å². The fourth-order valence-electron chi connectivity index (χ4n) is 3.48. The molecule has 1 saturated carbocycles. The van der Waals surface area contributed by atoms with Crippen LogP contribution in [0.4, 0.5) is 0 Å². The Morgan fingerprint density at radius 2 is 2.05 bits per heavy atom. The largest absolute Gasteiger partial charge is 0.346 e. The van der Waals surface area contributed by atoms with Gasteiger partial charge in [0.15, 0.2) is 0 Å². The molecule has 2 fully saturated rings. The lowest BCUT2D eigenvalue weighted by Crippen LogP contribution is -2.40. The number of likely N-dealkylation sites (tertiary alicyclic amines) is 1. The number of thiazole rings is 1. The van der Waals surface area contributed by atoms with Gasteiger partial charge in [0.2, 0.25) is 5.91 Å². The molecule has 1 saturated heterocycles. The molecule has 6 heteroatoms. The zero-order valence-electron chi connectivity index (χ0n) is 13.0. The minimum absolute atomic E-state index is 0.0785. The zero-order valence-corrected chi connectivity index (χ0v) is 13.8. The maximum Gasteiger partial charge on any atom is 0.271 e. The molecule has 0 radical (unpaired) electrons. The first-order valence-corrected chi connectivity index (χ1v) is 9.04. The van der Waals surface area contributed by atoms with Gasteiger partial charge in [-0.25, -0.2) is 4.98 Å². The number of nitrogens with zero attached hydrogens (tertiary/aromatic N) is 2. The molecule has 0 spiro atoms. The number of nitrogens with one attached hydrogen (secondary N) is 1. The Kier molecular flexibility index (Phi) is 4.76. The number of hydrogen-bond donors (Lipinski definition) is 1. The first kappa shape index (κ1) is 15.5. The summed E-state index contributed by atoms with van der Waals surface area (Å²) < 4.78 is 0. The van der Waals surface area contributed by atoms with Crippen molar-refractivity contribution in [2.24, 2.45) is 0 Å². The highest BCUT2D eigenvalue weighted by Crippen LogP contribution is 2.26. The SMILES string of the molecule is Cc1nc(C(=O)N[C@H]2CC(=O)N(C3CCCCCC3)C2)cs1. The smallest absolute Gasteiger partial charge is 0.271 e. The molecular formula is C16H23N3O2S. The van der Waals surface area contributed by atoms with Gasteiger partial charge >= 0.3 is 0 Å². The van der Waals surface area contributed by atoms with E-state index in [1.54, 1.807) is 5.38 Å². The summed E-state index contributed by atoms with van der Waals surface area (Å²) in [5.41, 5.74) is 0.461. The van der Waals surface area contributed by atoms with Crippen LogP contribution in [0.15, 0.2) is 5.38 Å². The van der Waals surface area contributed by atoms with Crippen molar-refractivity contribution in [1.82, 2.24) is 15.2 Å². The van der Waals surface area contributed by atoms with Gasteiger partial charge in [-0.1, -0.05) is 25.7 Å². The van der Waals surface area contributed by atoms with Gasteiger partial charge in [0.25, 0.3) is 5.91 Å². The van der Waals surface area contributed by atoms with Crippen LogP contribution in [-0.2, 0) is 4.79 Å². The van der Waals surface area contributed by atoms with Gasteiger partial charge in [-0.2, -0.15) is 0 Å². The fourth-order valence-corrected chi connectivity index (χ4v) is 4.07. The van der Waals surface area contributed by atoms with E-state index in [0.29, 0.717) is 24.7 Å². The third-order valence-corrected chi connectivity index (χ3v) is 5.38. The van der Waals surface area contributed by atoms with Crippen LogP contribution in [0.1, 0.15) is 60.4 Å². The second-order valence-electron chi connectivity index (χ2n) is 6.32. The zero-order chi connectivity index (χ0) is 15.5. The summed E-state index contributed by atoms with van der Waals surface area (Å²) in [7, 11) is 0. The Hall–Kier alpha value is -1.43. The maximum absolute atomic E-state index is 12.3. The van der Waals surface area contributed by atoms with Gasteiger partial charge in [-0.15, -0.1) is 11.3 Å². The predicted molar refractivity (Wildman–Crippen MR) is 85.9 cm³/mol. The van der Waals surface area contributed by atoms with E-state index >= 15 is 0 Å². The molecule has 1 aliphatic heterocycles. The molecule has 0 unspecified atom stereocenters. The molecule has 3 rings (SSSR count). The van der Waals surface area contributed by atoms with Gasteiger partial charge in [0.05, 0.1) is 11.0 Å². The molecule has 0 bridgehead atoms. The number of carbonyl (C=O) groups is 2. The average Bonchev–Trinajstić information content (AvgIpc) is 2.96. The van der Waals surface area contributed by atoms with Crippen LogP contribution in [-0.4, -0.2) is 40.3 Å². The molecule has 0 aromatic carbocycles. The second kappa shape index (κ2) is 6.77. The molecule has 1 aromatic heterocycles. The number of amides is 2. The van der Waals surface area contributed by atoms with E-state index in [-0.39, 0.29) is 17.9 Å². The molecule has 5 nitrogen and oxygen atoms in total. The van der Waals surface area contributed by atoms with Crippen molar-refractivity contribution in [3.63, 3.8) is 0 Å². The lowest BCUT2D eigenvalue weighted by molar-refractivity contribution is -0.129. The summed E-state index contributed by atoms with van der Waals surface area (Å²) in [6.45, 7) is 2.53. The Bertz CT molecular complexity index is 549. The number of hydrogen-bond acceptors (Lipinski definition) is 4. The molecule has 120 valence electrons. The van der Waals surface area contributed by atoms with Gasteiger partial charge in [0, 0.05) is 24.4 Å². The minimum Gasteiger partial charge on any atom is -0.346 e. The highest BCUT2D eigenvalue weighted by atomic mass is 32.1. The highest BCUT2D eigenvalue weighted by Gasteiger charge is 2.35. The summed E-state index contributed by atoms with van der Waals surface area (Å²) in [6, 6.07) is 0.295. The van der Waals surface area contributed by atoms with Crippen LogP contribution in [0.5, 0.6) is 0 Å². The third kappa shape index (κ3) is 3.48. The first-order valence-electron chi connectivity index (χ1n) is 8.16. The summed E-state index contributed by atoms with van der Waals surface area (Å²) in [6.07, 6.45) is 7.62. The lowest BCUT2D eigenvalue weighted by Gasteiger charge is -2.27. The Balaban J connectivity index is 1.58. The Morgan fingerprint density at radius 3 is 2.68 bits per heavy atom. The molecule has 2 amide bonds. The summed E-state index contributed by atoms with van der Waals surface area (Å²) in [5, 5.41) is 5.62. The van der Waals surface area contributed by atoms with E-state index in [2.05, 4.69) is 10.3 Å². The number of aryl methyl sites for hydroxylation is 1. The number of rotatable bonds is 3. The van der Waals surface area contributed by atoms with Gasteiger partial charge in [0.1, 0.15) is 5.69 Å². The van der Waals surface area contributed by atoms with Gasteiger partial charge < -0.3 is 10.2 Å². The molecular weight excluding hydrogens is 298 g/mol. The first-order chi connectivity index (χ1) is 10.6. The molecule has 2 heterocycles. The van der Waals surface area contributed by atoms with E-state index < -0.39 is 0 Å². The van der Waals surface area contributed by atoms with Crippen LogP contribution >= 0.6 is 11.3 Å². The predicted octanol–water partition coefficient (Wildman–Crippen LogP) is 2.51. The van der Waals surface area contributed by atoms with Crippen LogP contribution in [0.25, 0.3) is 0 Å². The van der Waals surface area contributed by atoms with E-state index in [0.717, 1.165) is 17.8 Å². The van der Waals surface area contributed by atoms with Crippen molar-refractivity contribution in [2.75, 3.05) is 6.54 Å². The summed E-state index contributed by atoms with van der Waals surface area (Å²) in [4.78, 5) is 30.6. The van der Waals surface area contributed by atoms with Crippen LogP contribution in [0.2, 0.25) is 0 Å². The van der Waals surface area contributed by atoms with E-state index in [1.165, 1.54) is 37.0 Å². The quantitative estimate of drug-likeness (QED) is 0.870. The van der Waals surface area contributed by atoms with Gasteiger partial charge in [-0.3, -0.25) is 9.59 Å². The highest BCUT2D eigenvalue weighted by molar-refractivity contribution is 7.09. The second-order valence-corrected chi connectivity index (χ2v) is 7.38. The van der Waals surface area contributed by atoms with Crippen LogP contribution < -0.4 is 5.32 Å². The standard InChI is InChI=1S/C16H23N3O2S/c1-11-17-14(10-22-11)16(21)18-12-8-15(20)19(9-12)13-6-4-2-3-5-7-13/h10,12-13H,2-9H2,1H3,(H,18,21)/t12-/m0/s1. The minimum atomic E-state index is -0.162. The molecule has 2 aliphatic rings. The van der Waals surface area contributed by atoms with Crippen molar-refractivity contribution in [3.05, 3.63) is 16.1 Å². The summed E-state index contributed by atoms with van der Waals surface area (Å²) in [5.74, 6) is 0.0246. The third-order valence-electron chi connectivity index (χ3n) is 4.61.